The first-order valence-electron chi connectivity index (χ1n) is 13.2. The van der Waals surface area contributed by atoms with Gasteiger partial charge in [-0.25, -0.2) is 0 Å². The van der Waals surface area contributed by atoms with E-state index in [0.29, 0.717) is 33.0 Å². The van der Waals surface area contributed by atoms with Gasteiger partial charge in [-0.1, -0.05) is 42.5 Å². The lowest BCUT2D eigenvalue weighted by Crippen LogP contribution is -2.39. The van der Waals surface area contributed by atoms with Crippen molar-refractivity contribution in [3.8, 4) is 17.2 Å². The van der Waals surface area contributed by atoms with Crippen LogP contribution in [-0.2, 0) is 43.5 Å². The Hall–Kier alpha value is -3.40. The van der Waals surface area contributed by atoms with Crippen molar-refractivity contribution < 1.29 is 37.9 Å². The Morgan fingerprint density at radius 1 is 0.625 bits per heavy atom. The minimum atomic E-state index is -0.647. The summed E-state index contributed by atoms with van der Waals surface area (Å²) in [5, 5.41) is 0. The van der Waals surface area contributed by atoms with Gasteiger partial charge in [-0.3, -0.25) is 0 Å². The van der Waals surface area contributed by atoms with E-state index in [1.54, 1.807) is 27.4 Å². The molecule has 8 heteroatoms. The van der Waals surface area contributed by atoms with Gasteiger partial charge in [0, 0.05) is 0 Å². The van der Waals surface area contributed by atoms with Crippen LogP contribution in [0.15, 0.2) is 85.5 Å². The maximum atomic E-state index is 6.44. The zero-order valence-electron chi connectivity index (χ0n) is 23.3. The van der Waals surface area contributed by atoms with Crippen LogP contribution in [0.25, 0.3) is 0 Å². The fraction of sp³-hybridized carbons (Fsp3) is 0.375. The van der Waals surface area contributed by atoms with Crippen molar-refractivity contribution in [1.82, 2.24) is 0 Å². The Kier molecular flexibility index (Phi) is 11.4. The topological polar surface area (TPSA) is 73.8 Å². The van der Waals surface area contributed by atoms with Gasteiger partial charge in [0.05, 0.1) is 54.4 Å². The molecule has 1 heterocycles. The predicted molar refractivity (Wildman–Crippen MR) is 151 cm³/mol. The summed E-state index contributed by atoms with van der Waals surface area (Å²) in [6.45, 7) is 5.53. The quantitative estimate of drug-likeness (QED) is 0.222. The average molecular weight is 551 g/mol. The third-order valence-electron chi connectivity index (χ3n) is 6.56. The van der Waals surface area contributed by atoms with Crippen LogP contribution in [0.4, 0.5) is 0 Å². The molecule has 8 nitrogen and oxygen atoms in total. The Labute approximate surface area is 236 Å². The zero-order chi connectivity index (χ0) is 28.2. The van der Waals surface area contributed by atoms with Crippen molar-refractivity contribution >= 4 is 0 Å². The molecule has 214 valence electrons. The largest absolute Gasteiger partial charge is 0.497 e. The molecule has 1 aliphatic rings. The number of hydrogen-bond acceptors (Lipinski definition) is 8. The van der Waals surface area contributed by atoms with Crippen LogP contribution in [0.3, 0.4) is 0 Å². The van der Waals surface area contributed by atoms with Crippen molar-refractivity contribution in [3.05, 3.63) is 102 Å². The minimum absolute atomic E-state index is 0.301. The second-order valence-corrected chi connectivity index (χ2v) is 9.28. The minimum Gasteiger partial charge on any atom is -0.497 e. The molecule has 1 fully saturated rings. The standard InChI is InChI=1S/C32H38O8/c1-5-18-37-32-31(39-21-25-10-16-28(35-4)17-11-25)30(38-20-24-8-14-27(34-3)15-9-24)29(40-32)22-36-19-23-6-12-26(33-2)13-7-23/h5-17,29-32H,1,18-22H2,2-4H3/t29-,30+,31-,32?/m0/s1. The van der Waals surface area contributed by atoms with E-state index in [9.17, 15) is 0 Å². The molecule has 40 heavy (non-hydrogen) atoms. The lowest BCUT2D eigenvalue weighted by Gasteiger charge is -2.25. The Balaban J connectivity index is 1.46. The van der Waals surface area contributed by atoms with Gasteiger partial charge in [0.1, 0.15) is 35.6 Å². The van der Waals surface area contributed by atoms with E-state index >= 15 is 0 Å². The van der Waals surface area contributed by atoms with E-state index < -0.39 is 24.6 Å². The van der Waals surface area contributed by atoms with Crippen LogP contribution < -0.4 is 14.2 Å². The lowest BCUT2D eigenvalue weighted by molar-refractivity contribution is -0.179. The highest BCUT2D eigenvalue weighted by atomic mass is 16.7. The van der Waals surface area contributed by atoms with Crippen molar-refractivity contribution in [2.24, 2.45) is 0 Å². The average Bonchev–Trinajstić information content (AvgIpc) is 3.34. The highest BCUT2D eigenvalue weighted by molar-refractivity contribution is 5.28. The highest BCUT2D eigenvalue weighted by Crippen LogP contribution is 2.30. The van der Waals surface area contributed by atoms with Gasteiger partial charge in [0.25, 0.3) is 0 Å². The van der Waals surface area contributed by atoms with Crippen LogP contribution in [0.5, 0.6) is 17.2 Å². The number of benzene rings is 3. The van der Waals surface area contributed by atoms with Crippen LogP contribution >= 0.6 is 0 Å². The summed E-state index contributed by atoms with van der Waals surface area (Å²) >= 11 is 0. The number of rotatable bonds is 16. The second kappa shape index (κ2) is 15.4. The van der Waals surface area contributed by atoms with Crippen molar-refractivity contribution in [2.75, 3.05) is 34.5 Å². The molecule has 0 spiro atoms. The SMILES string of the molecule is C=CCOC1O[C@@H](COCc2ccc(OC)cc2)[C@@H](OCc2ccc(OC)cc2)[C@@H]1OCc1ccc(OC)cc1. The molecular weight excluding hydrogens is 512 g/mol. The summed E-state index contributed by atoms with van der Waals surface area (Å²) in [6.07, 6.45) is -0.301. The molecule has 0 N–H and O–H groups in total. The molecule has 4 atom stereocenters. The van der Waals surface area contributed by atoms with Crippen LogP contribution in [0.1, 0.15) is 16.7 Å². The summed E-state index contributed by atoms with van der Waals surface area (Å²) in [7, 11) is 4.93. The third-order valence-corrected chi connectivity index (χ3v) is 6.56. The van der Waals surface area contributed by atoms with E-state index in [4.69, 9.17) is 37.9 Å². The van der Waals surface area contributed by atoms with Crippen molar-refractivity contribution in [3.63, 3.8) is 0 Å². The van der Waals surface area contributed by atoms with Gasteiger partial charge in [-0.2, -0.15) is 0 Å². The van der Waals surface area contributed by atoms with E-state index in [2.05, 4.69) is 6.58 Å². The predicted octanol–water partition coefficient (Wildman–Crippen LogP) is 5.33. The van der Waals surface area contributed by atoms with Gasteiger partial charge < -0.3 is 37.9 Å². The number of hydrogen-bond donors (Lipinski definition) is 0. The summed E-state index contributed by atoms with van der Waals surface area (Å²) in [6, 6.07) is 23.3. The maximum absolute atomic E-state index is 6.44. The highest BCUT2D eigenvalue weighted by Gasteiger charge is 2.47. The Morgan fingerprint density at radius 3 is 1.52 bits per heavy atom. The normalized spacial score (nSPS) is 20.3. The van der Waals surface area contributed by atoms with E-state index in [1.165, 1.54) is 0 Å². The maximum Gasteiger partial charge on any atom is 0.187 e. The van der Waals surface area contributed by atoms with Crippen LogP contribution in [0.2, 0.25) is 0 Å². The summed E-state index contributed by atoms with van der Waals surface area (Å²) in [4.78, 5) is 0. The first-order valence-corrected chi connectivity index (χ1v) is 13.2. The zero-order valence-corrected chi connectivity index (χ0v) is 23.3. The Morgan fingerprint density at radius 2 is 1.07 bits per heavy atom. The molecule has 3 aromatic rings. The summed E-state index contributed by atoms with van der Waals surface area (Å²) < 4.78 is 47.0. The molecule has 1 saturated heterocycles. The van der Waals surface area contributed by atoms with E-state index in [1.807, 2.05) is 72.8 Å². The fourth-order valence-electron chi connectivity index (χ4n) is 4.34. The van der Waals surface area contributed by atoms with Gasteiger partial charge in [0.2, 0.25) is 0 Å². The number of ether oxygens (including phenoxy) is 8. The van der Waals surface area contributed by atoms with Gasteiger partial charge >= 0.3 is 0 Å². The summed E-state index contributed by atoms with van der Waals surface area (Å²) in [5.74, 6) is 2.38. The summed E-state index contributed by atoms with van der Waals surface area (Å²) in [5.41, 5.74) is 3.03. The van der Waals surface area contributed by atoms with Gasteiger partial charge in [0.15, 0.2) is 6.29 Å². The molecule has 1 aliphatic heterocycles. The fourth-order valence-corrected chi connectivity index (χ4v) is 4.34. The molecule has 0 bridgehead atoms. The molecule has 0 amide bonds. The van der Waals surface area contributed by atoms with Crippen molar-refractivity contribution in [1.29, 1.82) is 0 Å². The first-order chi connectivity index (χ1) is 19.6. The molecule has 0 aromatic heterocycles. The van der Waals surface area contributed by atoms with Crippen LogP contribution in [0, 0.1) is 0 Å². The van der Waals surface area contributed by atoms with Crippen molar-refractivity contribution in [2.45, 2.75) is 44.4 Å². The lowest BCUT2D eigenvalue weighted by atomic mass is 10.1. The first kappa shape index (κ1) is 29.6. The van der Waals surface area contributed by atoms with Crippen LogP contribution in [-0.4, -0.2) is 59.1 Å². The molecule has 3 aromatic carbocycles. The molecule has 0 saturated carbocycles. The number of methoxy groups -OCH3 is 3. The van der Waals surface area contributed by atoms with Gasteiger partial charge in [-0.15, -0.1) is 6.58 Å². The Bertz CT molecular complexity index is 1150. The molecular formula is C32H38O8. The smallest absolute Gasteiger partial charge is 0.187 e. The monoisotopic (exact) mass is 550 g/mol. The molecule has 0 aliphatic carbocycles. The van der Waals surface area contributed by atoms with Gasteiger partial charge in [-0.05, 0) is 53.1 Å². The molecule has 1 unspecified atom stereocenters. The van der Waals surface area contributed by atoms with E-state index in [-0.39, 0.29) is 0 Å². The third kappa shape index (κ3) is 8.30. The molecule has 4 rings (SSSR count). The molecule has 0 radical (unpaired) electrons. The van der Waals surface area contributed by atoms with E-state index in [0.717, 1.165) is 33.9 Å². The second-order valence-electron chi connectivity index (χ2n) is 9.28.